The summed E-state index contributed by atoms with van der Waals surface area (Å²) in [6, 6.07) is 31.5. The molecule has 166 valence electrons. The van der Waals surface area contributed by atoms with Gasteiger partial charge < -0.3 is 5.32 Å². The first-order chi connectivity index (χ1) is 16.6. The van der Waals surface area contributed by atoms with E-state index in [1.807, 2.05) is 72.8 Å². The van der Waals surface area contributed by atoms with Gasteiger partial charge >= 0.3 is 0 Å². The predicted octanol–water partition coefficient (Wildman–Crippen LogP) is 5.08. The van der Waals surface area contributed by atoms with Gasteiger partial charge in [0, 0.05) is 12.1 Å². The zero-order valence-electron chi connectivity index (χ0n) is 18.4. The van der Waals surface area contributed by atoms with Gasteiger partial charge in [0.25, 0.3) is 17.7 Å². The van der Waals surface area contributed by atoms with Crippen molar-refractivity contribution >= 4 is 17.7 Å². The zero-order chi connectivity index (χ0) is 23.5. The highest BCUT2D eigenvalue weighted by Crippen LogP contribution is 2.31. The monoisotopic (exact) mass is 446 g/mol. The molecule has 3 amide bonds. The Kier molecular flexibility index (Phi) is 5.75. The molecule has 5 heteroatoms. The van der Waals surface area contributed by atoms with Crippen molar-refractivity contribution in [2.24, 2.45) is 0 Å². The number of carbonyl (C=O) groups excluding carboxylic acids is 3. The van der Waals surface area contributed by atoms with Crippen LogP contribution < -0.4 is 5.32 Å². The second kappa shape index (κ2) is 9.16. The molecule has 4 aromatic carbocycles. The van der Waals surface area contributed by atoms with E-state index in [1.54, 1.807) is 30.3 Å². The Morgan fingerprint density at radius 3 is 1.82 bits per heavy atom. The maximum atomic E-state index is 13.1. The summed E-state index contributed by atoms with van der Waals surface area (Å²) in [5.74, 6) is -0.788. The molecule has 4 aromatic rings. The minimum Gasteiger partial charge on any atom is -0.348 e. The third-order valence-corrected chi connectivity index (χ3v) is 5.98. The van der Waals surface area contributed by atoms with Crippen molar-refractivity contribution in [3.8, 4) is 11.1 Å². The topological polar surface area (TPSA) is 66.5 Å². The highest BCUT2D eigenvalue weighted by atomic mass is 16.2. The fraction of sp³-hybridized carbons (Fsp3) is 0.0690. The van der Waals surface area contributed by atoms with E-state index in [0.29, 0.717) is 23.2 Å². The molecule has 1 aliphatic rings. The fourth-order valence-corrected chi connectivity index (χ4v) is 4.26. The molecule has 0 saturated carbocycles. The molecule has 1 heterocycles. The Hall–Kier alpha value is -4.51. The Labute approximate surface area is 197 Å². The van der Waals surface area contributed by atoms with Gasteiger partial charge in [0.05, 0.1) is 17.7 Å². The average molecular weight is 447 g/mol. The average Bonchev–Trinajstić information content (AvgIpc) is 3.13. The van der Waals surface area contributed by atoms with E-state index in [1.165, 1.54) is 4.90 Å². The van der Waals surface area contributed by atoms with Gasteiger partial charge in [0.1, 0.15) is 0 Å². The first-order valence-corrected chi connectivity index (χ1v) is 11.1. The van der Waals surface area contributed by atoms with Crippen molar-refractivity contribution in [3.63, 3.8) is 0 Å². The van der Waals surface area contributed by atoms with Gasteiger partial charge in [-0.15, -0.1) is 0 Å². The highest BCUT2D eigenvalue weighted by Gasteiger charge is 2.35. The van der Waals surface area contributed by atoms with Gasteiger partial charge in [0.2, 0.25) is 0 Å². The molecular formula is C29H22N2O3. The van der Waals surface area contributed by atoms with Crippen LogP contribution in [0, 0.1) is 0 Å². The lowest BCUT2D eigenvalue weighted by Crippen LogP contribution is -2.29. The molecule has 0 aromatic heterocycles. The smallest absolute Gasteiger partial charge is 0.261 e. The number of amides is 3. The van der Waals surface area contributed by atoms with Crippen LogP contribution >= 0.6 is 0 Å². The summed E-state index contributed by atoms with van der Waals surface area (Å²) in [6.45, 7) is 0.549. The number of rotatable bonds is 6. The van der Waals surface area contributed by atoms with Crippen molar-refractivity contribution < 1.29 is 14.4 Å². The van der Waals surface area contributed by atoms with Gasteiger partial charge in [-0.2, -0.15) is 0 Å². The summed E-state index contributed by atoms with van der Waals surface area (Å²) in [5, 5.41) is 2.99. The second-order valence-corrected chi connectivity index (χ2v) is 8.11. The number of hydrogen-bond acceptors (Lipinski definition) is 3. The SMILES string of the molecule is O=C(NCc1ccccc1)c1ccccc1-c1ccccc1CN1C(=O)c2ccccc2C1=O. The van der Waals surface area contributed by atoms with Crippen molar-refractivity contribution in [1.82, 2.24) is 10.2 Å². The van der Waals surface area contributed by atoms with E-state index in [2.05, 4.69) is 5.32 Å². The number of imide groups is 1. The van der Waals surface area contributed by atoms with Crippen LogP contribution in [0.1, 0.15) is 42.2 Å². The van der Waals surface area contributed by atoms with E-state index in [-0.39, 0.29) is 24.3 Å². The summed E-state index contributed by atoms with van der Waals surface area (Å²) in [6.07, 6.45) is 0. The van der Waals surface area contributed by atoms with E-state index < -0.39 is 0 Å². The molecular weight excluding hydrogens is 424 g/mol. The highest BCUT2D eigenvalue weighted by molar-refractivity contribution is 6.21. The minimum absolute atomic E-state index is 0.127. The number of hydrogen-bond donors (Lipinski definition) is 1. The molecule has 0 fully saturated rings. The molecule has 0 saturated heterocycles. The third kappa shape index (κ3) is 3.99. The maximum Gasteiger partial charge on any atom is 0.261 e. The zero-order valence-corrected chi connectivity index (χ0v) is 18.4. The van der Waals surface area contributed by atoms with Gasteiger partial charge in [-0.1, -0.05) is 84.9 Å². The molecule has 0 unspecified atom stereocenters. The lowest BCUT2D eigenvalue weighted by Gasteiger charge is -2.18. The number of fused-ring (bicyclic) bond motifs is 1. The summed E-state index contributed by atoms with van der Waals surface area (Å²) >= 11 is 0. The first kappa shape index (κ1) is 21.3. The molecule has 34 heavy (non-hydrogen) atoms. The standard InChI is InChI=1S/C29H22N2O3/c32-27(30-18-20-10-2-1-3-11-20)24-15-7-6-14-23(24)22-13-5-4-12-21(22)19-31-28(33)25-16-8-9-17-26(25)29(31)34/h1-17H,18-19H2,(H,30,32). The Balaban J connectivity index is 1.44. The quantitative estimate of drug-likeness (QED) is 0.420. The largest absolute Gasteiger partial charge is 0.348 e. The normalized spacial score (nSPS) is 12.5. The lowest BCUT2D eigenvalue weighted by molar-refractivity contribution is 0.0642. The van der Waals surface area contributed by atoms with Crippen LogP contribution in [0.15, 0.2) is 103 Å². The molecule has 0 atom stereocenters. The van der Waals surface area contributed by atoms with E-state index >= 15 is 0 Å². The summed E-state index contributed by atoms with van der Waals surface area (Å²) < 4.78 is 0. The molecule has 5 rings (SSSR count). The molecule has 0 radical (unpaired) electrons. The van der Waals surface area contributed by atoms with Crippen LogP contribution in [0.25, 0.3) is 11.1 Å². The van der Waals surface area contributed by atoms with Crippen LogP contribution in [0.2, 0.25) is 0 Å². The second-order valence-electron chi connectivity index (χ2n) is 8.11. The van der Waals surface area contributed by atoms with Crippen molar-refractivity contribution in [2.45, 2.75) is 13.1 Å². The number of carbonyl (C=O) groups is 3. The minimum atomic E-state index is -0.302. The summed E-state index contributed by atoms with van der Waals surface area (Å²) in [5.41, 5.74) is 4.74. The molecule has 0 aliphatic carbocycles. The van der Waals surface area contributed by atoms with Crippen LogP contribution in [-0.2, 0) is 13.1 Å². The van der Waals surface area contributed by atoms with E-state index in [4.69, 9.17) is 0 Å². The van der Waals surface area contributed by atoms with Crippen LogP contribution in [0.4, 0.5) is 0 Å². The maximum absolute atomic E-state index is 13.1. The fourth-order valence-electron chi connectivity index (χ4n) is 4.26. The lowest BCUT2D eigenvalue weighted by atomic mass is 9.94. The molecule has 1 aliphatic heterocycles. The Morgan fingerprint density at radius 1 is 0.618 bits per heavy atom. The molecule has 0 bridgehead atoms. The van der Waals surface area contributed by atoms with E-state index in [9.17, 15) is 14.4 Å². The Bertz CT molecular complexity index is 1360. The van der Waals surface area contributed by atoms with E-state index in [0.717, 1.165) is 22.3 Å². The number of benzene rings is 4. The van der Waals surface area contributed by atoms with Gasteiger partial charge in [0.15, 0.2) is 0 Å². The van der Waals surface area contributed by atoms with Crippen LogP contribution in [0.5, 0.6) is 0 Å². The van der Waals surface area contributed by atoms with Crippen LogP contribution in [-0.4, -0.2) is 22.6 Å². The van der Waals surface area contributed by atoms with Gasteiger partial charge in [-0.25, -0.2) is 0 Å². The van der Waals surface area contributed by atoms with Crippen LogP contribution in [0.3, 0.4) is 0 Å². The molecule has 5 nitrogen and oxygen atoms in total. The summed E-state index contributed by atoms with van der Waals surface area (Å²) in [4.78, 5) is 40.1. The van der Waals surface area contributed by atoms with Crippen molar-refractivity contribution in [1.29, 1.82) is 0 Å². The van der Waals surface area contributed by atoms with Crippen molar-refractivity contribution in [3.05, 3.63) is 131 Å². The summed E-state index contributed by atoms with van der Waals surface area (Å²) in [7, 11) is 0. The Morgan fingerprint density at radius 2 is 1.15 bits per heavy atom. The van der Waals surface area contributed by atoms with Gasteiger partial charge in [-0.05, 0) is 40.5 Å². The first-order valence-electron chi connectivity index (χ1n) is 11.1. The predicted molar refractivity (Wildman–Crippen MR) is 130 cm³/mol. The number of nitrogens with zero attached hydrogens (tertiary/aromatic N) is 1. The number of nitrogens with one attached hydrogen (secondary N) is 1. The molecule has 1 N–H and O–H groups in total. The van der Waals surface area contributed by atoms with Crippen molar-refractivity contribution in [2.75, 3.05) is 0 Å². The third-order valence-electron chi connectivity index (χ3n) is 5.98. The van der Waals surface area contributed by atoms with Gasteiger partial charge in [-0.3, -0.25) is 19.3 Å². The molecule has 0 spiro atoms.